The number of rotatable bonds is 5. The fourth-order valence-corrected chi connectivity index (χ4v) is 5.05. The highest BCUT2D eigenvalue weighted by molar-refractivity contribution is 7.89. The maximum atomic E-state index is 12.9. The van der Waals surface area contributed by atoms with Crippen molar-refractivity contribution in [2.75, 3.05) is 13.1 Å². The van der Waals surface area contributed by atoms with Crippen molar-refractivity contribution < 1.29 is 8.42 Å². The second-order valence-corrected chi connectivity index (χ2v) is 7.83. The average molecular weight is 311 g/mol. The van der Waals surface area contributed by atoms with Crippen LogP contribution in [0.1, 0.15) is 39.5 Å². The Morgan fingerprint density at radius 3 is 2.57 bits per heavy atom. The van der Waals surface area contributed by atoms with Gasteiger partial charge in [0.1, 0.15) is 4.90 Å². The number of hydrogen-bond acceptors (Lipinski definition) is 4. The normalized spacial score (nSPS) is 27.0. The van der Waals surface area contributed by atoms with Crippen molar-refractivity contribution in [2.24, 2.45) is 11.7 Å². The summed E-state index contributed by atoms with van der Waals surface area (Å²) in [6, 6.07) is 3.25. The molecular weight excluding hydrogens is 286 g/mol. The van der Waals surface area contributed by atoms with Crippen molar-refractivity contribution in [3.63, 3.8) is 0 Å². The minimum atomic E-state index is -3.55. The van der Waals surface area contributed by atoms with Crippen LogP contribution < -0.4 is 5.73 Å². The highest BCUT2D eigenvalue weighted by Crippen LogP contribution is 2.38. The van der Waals surface area contributed by atoms with Crippen LogP contribution in [0.3, 0.4) is 0 Å². The molecule has 1 saturated carbocycles. The molecule has 0 bridgehead atoms. The molecule has 0 aliphatic heterocycles. The fourth-order valence-electron chi connectivity index (χ4n) is 3.24. The molecule has 1 aromatic heterocycles. The molecule has 0 spiro atoms. The van der Waals surface area contributed by atoms with Crippen LogP contribution >= 0.6 is 0 Å². The van der Waals surface area contributed by atoms with E-state index < -0.39 is 15.6 Å². The maximum absolute atomic E-state index is 12.9. The number of likely N-dealkylation sites (N-methyl/N-ethyl adjacent to an activating group) is 1. The highest BCUT2D eigenvalue weighted by Gasteiger charge is 2.44. The van der Waals surface area contributed by atoms with E-state index in [1.807, 2.05) is 6.92 Å². The van der Waals surface area contributed by atoms with E-state index in [1.54, 1.807) is 22.6 Å². The molecule has 0 aromatic carbocycles. The topological polar surface area (TPSA) is 76.3 Å². The van der Waals surface area contributed by atoms with Gasteiger partial charge in [0.2, 0.25) is 10.0 Å². The lowest BCUT2D eigenvalue weighted by Gasteiger charge is -2.45. The summed E-state index contributed by atoms with van der Waals surface area (Å²) in [6.45, 7) is 4.89. The molecule has 0 saturated heterocycles. The molecule has 2 rings (SSSR count). The molecule has 0 radical (unpaired) electrons. The van der Waals surface area contributed by atoms with E-state index in [4.69, 9.17) is 5.73 Å². The van der Waals surface area contributed by atoms with Crippen LogP contribution in [0.25, 0.3) is 0 Å². The standard InChI is InChI=1S/C15H25N3O2S/c1-3-18(15(12-16)8-6-13(2)7-9-15)21(19,20)14-5-4-10-17-11-14/h4-5,10-11,13H,3,6-9,12,16H2,1-2H3. The zero-order valence-electron chi connectivity index (χ0n) is 12.8. The van der Waals surface area contributed by atoms with Gasteiger partial charge in [0.25, 0.3) is 0 Å². The van der Waals surface area contributed by atoms with E-state index in [1.165, 1.54) is 6.20 Å². The van der Waals surface area contributed by atoms with Crippen molar-refractivity contribution >= 4 is 10.0 Å². The Labute approximate surface area is 127 Å². The Hall–Kier alpha value is -0.980. The summed E-state index contributed by atoms with van der Waals surface area (Å²) in [5, 5.41) is 0. The zero-order chi connectivity index (χ0) is 15.5. The van der Waals surface area contributed by atoms with Crippen molar-refractivity contribution in [3.8, 4) is 0 Å². The van der Waals surface area contributed by atoms with Gasteiger partial charge in [-0.15, -0.1) is 0 Å². The van der Waals surface area contributed by atoms with Gasteiger partial charge in [-0.1, -0.05) is 13.8 Å². The minimum absolute atomic E-state index is 0.248. The summed E-state index contributed by atoms with van der Waals surface area (Å²) in [7, 11) is -3.55. The van der Waals surface area contributed by atoms with Gasteiger partial charge in [0.05, 0.1) is 0 Å². The van der Waals surface area contributed by atoms with Gasteiger partial charge in [-0.05, 0) is 43.7 Å². The highest BCUT2D eigenvalue weighted by atomic mass is 32.2. The largest absolute Gasteiger partial charge is 0.329 e. The Morgan fingerprint density at radius 2 is 2.10 bits per heavy atom. The molecule has 0 atom stereocenters. The molecule has 2 N–H and O–H groups in total. The molecule has 5 nitrogen and oxygen atoms in total. The smallest absolute Gasteiger partial charge is 0.245 e. The van der Waals surface area contributed by atoms with Gasteiger partial charge in [-0.2, -0.15) is 4.31 Å². The number of pyridine rings is 1. The summed E-state index contributed by atoms with van der Waals surface area (Å²) in [6.07, 6.45) is 6.70. The monoisotopic (exact) mass is 311 g/mol. The van der Waals surface area contributed by atoms with Crippen molar-refractivity contribution in [1.29, 1.82) is 0 Å². The van der Waals surface area contributed by atoms with Crippen LogP contribution in [-0.2, 0) is 10.0 Å². The van der Waals surface area contributed by atoms with Gasteiger partial charge in [-0.25, -0.2) is 8.42 Å². The third-order valence-corrected chi connectivity index (χ3v) is 6.69. The lowest BCUT2D eigenvalue weighted by Crippen LogP contribution is -2.57. The molecular formula is C15H25N3O2S. The van der Waals surface area contributed by atoms with E-state index >= 15 is 0 Å². The first-order valence-corrected chi connectivity index (χ1v) is 9.03. The Balaban J connectivity index is 2.38. The van der Waals surface area contributed by atoms with Crippen LogP contribution in [0.15, 0.2) is 29.4 Å². The average Bonchev–Trinajstić information content (AvgIpc) is 2.51. The van der Waals surface area contributed by atoms with Crippen LogP contribution in [0.2, 0.25) is 0 Å². The van der Waals surface area contributed by atoms with Gasteiger partial charge in [0, 0.05) is 31.0 Å². The first kappa shape index (κ1) is 16.4. The Kier molecular flexibility index (Phi) is 5.01. The molecule has 21 heavy (non-hydrogen) atoms. The van der Waals surface area contributed by atoms with Crippen LogP contribution in [0.4, 0.5) is 0 Å². The third-order valence-electron chi connectivity index (χ3n) is 4.62. The Morgan fingerprint density at radius 1 is 1.43 bits per heavy atom. The SMILES string of the molecule is CCN(C1(CN)CCC(C)CC1)S(=O)(=O)c1cccnc1. The maximum Gasteiger partial charge on any atom is 0.245 e. The first-order valence-electron chi connectivity index (χ1n) is 7.59. The summed E-state index contributed by atoms with van der Waals surface area (Å²) >= 11 is 0. The molecule has 1 aliphatic carbocycles. The lowest BCUT2D eigenvalue weighted by atomic mass is 9.77. The van der Waals surface area contributed by atoms with E-state index in [9.17, 15) is 8.42 Å². The van der Waals surface area contributed by atoms with Crippen molar-refractivity contribution in [3.05, 3.63) is 24.5 Å². The van der Waals surface area contributed by atoms with Gasteiger partial charge in [-0.3, -0.25) is 4.98 Å². The number of nitrogens with two attached hydrogens (primary N) is 1. The quantitative estimate of drug-likeness (QED) is 0.902. The zero-order valence-corrected chi connectivity index (χ0v) is 13.6. The molecule has 1 heterocycles. The number of sulfonamides is 1. The van der Waals surface area contributed by atoms with Crippen LogP contribution in [0, 0.1) is 5.92 Å². The van der Waals surface area contributed by atoms with Gasteiger partial charge >= 0.3 is 0 Å². The number of hydrogen-bond donors (Lipinski definition) is 1. The number of aromatic nitrogens is 1. The predicted molar refractivity (Wildman–Crippen MR) is 83.2 cm³/mol. The second kappa shape index (κ2) is 6.42. The molecule has 1 aliphatic rings. The van der Waals surface area contributed by atoms with E-state index in [-0.39, 0.29) is 4.90 Å². The fraction of sp³-hybridized carbons (Fsp3) is 0.667. The molecule has 118 valence electrons. The van der Waals surface area contributed by atoms with Gasteiger partial charge < -0.3 is 5.73 Å². The summed E-state index contributed by atoms with van der Waals surface area (Å²) < 4.78 is 27.5. The molecule has 1 fully saturated rings. The molecule has 0 unspecified atom stereocenters. The van der Waals surface area contributed by atoms with Crippen LogP contribution in [-0.4, -0.2) is 36.3 Å². The van der Waals surface area contributed by atoms with Gasteiger partial charge in [0.15, 0.2) is 0 Å². The predicted octanol–water partition coefficient (Wildman–Crippen LogP) is 2.00. The first-order chi connectivity index (χ1) is 9.96. The summed E-state index contributed by atoms with van der Waals surface area (Å²) in [4.78, 5) is 4.18. The summed E-state index contributed by atoms with van der Waals surface area (Å²) in [5.74, 6) is 0.643. The van der Waals surface area contributed by atoms with Crippen LogP contribution in [0.5, 0.6) is 0 Å². The van der Waals surface area contributed by atoms with E-state index in [2.05, 4.69) is 11.9 Å². The van der Waals surface area contributed by atoms with E-state index in [0.29, 0.717) is 19.0 Å². The molecule has 0 amide bonds. The molecule has 6 heteroatoms. The minimum Gasteiger partial charge on any atom is -0.329 e. The third kappa shape index (κ3) is 3.12. The summed E-state index contributed by atoms with van der Waals surface area (Å²) in [5.41, 5.74) is 5.56. The van der Waals surface area contributed by atoms with Crippen molar-refractivity contribution in [2.45, 2.75) is 50.0 Å². The molecule has 1 aromatic rings. The van der Waals surface area contributed by atoms with Crippen molar-refractivity contribution in [1.82, 2.24) is 9.29 Å². The second-order valence-electron chi connectivity index (χ2n) is 5.97. The lowest BCUT2D eigenvalue weighted by molar-refractivity contribution is 0.120. The Bertz CT molecular complexity index is 552. The van der Waals surface area contributed by atoms with E-state index in [0.717, 1.165) is 25.7 Å². The number of nitrogens with zero attached hydrogens (tertiary/aromatic N) is 2.